The molecule has 21 heavy (non-hydrogen) atoms. The Morgan fingerprint density at radius 1 is 0.952 bits per heavy atom. The second-order valence-electron chi connectivity index (χ2n) is 5.91. The lowest BCUT2D eigenvalue weighted by atomic mass is 10.1. The first-order valence-corrected chi connectivity index (χ1v) is 10.0. The molecule has 0 spiro atoms. The summed E-state index contributed by atoms with van der Waals surface area (Å²) in [5, 5.41) is 0. The molecule has 0 bridgehead atoms. The Hall–Kier alpha value is -0.620. The van der Waals surface area contributed by atoms with Crippen LogP contribution in [0.1, 0.15) is 58.3 Å². The smallest absolute Gasteiger partial charge is 0.222 e. The average molecular weight is 318 g/mol. The molecular weight excluding hydrogens is 288 g/mol. The van der Waals surface area contributed by atoms with Gasteiger partial charge in [0.25, 0.3) is 0 Å². The molecule has 6 heteroatoms. The van der Waals surface area contributed by atoms with E-state index in [-0.39, 0.29) is 5.91 Å². The topological polar surface area (TPSA) is 57.7 Å². The van der Waals surface area contributed by atoms with E-state index in [0.29, 0.717) is 32.6 Å². The van der Waals surface area contributed by atoms with Gasteiger partial charge >= 0.3 is 0 Å². The van der Waals surface area contributed by atoms with Crippen molar-refractivity contribution in [2.24, 2.45) is 0 Å². The standard InChI is InChI=1S/C15H30N2O3S/c1-3-4-5-6-7-8-10-15(18)16-11-9-12-17(14-13-16)21(2,19)20/h3-14H2,1-2H3. The predicted molar refractivity (Wildman–Crippen MR) is 85.6 cm³/mol. The van der Waals surface area contributed by atoms with E-state index >= 15 is 0 Å². The van der Waals surface area contributed by atoms with Crippen molar-refractivity contribution in [2.75, 3.05) is 32.4 Å². The van der Waals surface area contributed by atoms with Crippen LogP contribution in [0, 0.1) is 0 Å². The van der Waals surface area contributed by atoms with Crippen LogP contribution in [0.25, 0.3) is 0 Å². The Labute approximate surface area is 129 Å². The van der Waals surface area contributed by atoms with Gasteiger partial charge in [0.2, 0.25) is 15.9 Å². The largest absolute Gasteiger partial charge is 0.341 e. The van der Waals surface area contributed by atoms with Crippen LogP contribution in [0.5, 0.6) is 0 Å². The quantitative estimate of drug-likeness (QED) is 0.645. The highest BCUT2D eigenvalue weighted by atomic mass is 32.2. The van der Waals surface area contributed by atoms with E-state index < -0.39 is 10.0 Å². The predicted octanol–water partition coefficient (Wildman–Crippen LogP) is 2.23. The van der Waals surface area contributed by atoms with E-state index in [9.17, 15) is 13.2 Å². The van der Waals surface area contributed by atoms with Gasteiger partial charge in [-0.3, -0.25) is 4.79 Å². The van der Waals surface area contributed by atoms with Crippen LogP contribution >= 0.6 is 0 Å². The molecule has 0 atom stereocenters. The third-order valence-electron chi connectivity index (χ3n) is 4.02. The summed E-state index contributed by atoms with van der Waals surface area (Å²) in [6.07, 6.45) is 9.64. The van der Waals surface area contributed by atoms with Gasteiger partial charge in [-0.25, -0.2) is 12.7 Å². The number of amides is 1. The monoisotopic (exact) mass is 318 g/mol. The number of hydrogen-bond acceptors (Lipinski definition) is 3. The average Bonchev–Trinajstić information content (AvgIpc) is 2.68. The summed E-state index contributed by atoms with van der Waals surface area (Å²) in [5.41, 5.74) is 0. The number of carbonyl (C=O) groups excluding carboxylic acids is 1. The van der Waals surface area contributed by atoms with E-state index in [2.05, 4.69) is 6.92 Å². The molecule has 0 N–H and O–H groups in total. The van der Waals surface area contributed by atoms with Crippen LogP contribution < -0.4 is 0 Å². The van der Waals surface area contributed by atoms with E-state index in [1.54, 1.807) is 0 Å². The molecule has 1 aliphatic heterocycles. The number of nitrogens with zero attached hydrogens (tertiary/aromatic N) is 2. The Kier molecular flexibility index (Phi) is 8.26. The maximum Gasteiger partial charge on any atom is 0.222 e. The molecule has 1 rings (SSSR count). The van der Waals surface area contributed by atoms with E-state index in [1.807, 2.05) is 4.90 Å². The summed E-state index contributed by atoms with van der Waals surface area (Å²) in [6.45, 7) is 4.37. The van der Waals surface area contributed by atoms with Crippen LogP contribution in [-0.2, 0) is 14.8 Å². The third-order valence-corrected chi connectivity index (χ3v) is 5.32. The Morgan fingerprint density at radius 3 is 2.29 bits per heavy atom. The molecule has 0 aromatic heterocycles. The molecule has 0 unspecified atom stereocenters. The summed E-state index contributed by atoms with van der Waals surface area (Å²) in [4.78, 5) is 14.0. The SMILES string of the molecule is CCCCCCCCC(=O)N1CCCN(S(C)(=O)=O)CC1. The second-order valence-corrected chi connectivity index (χ2v) is 7.90. The first kappa shape index (κ1) is 18.4. The molecule has 0 saturated carbocycles. The highest BCUT2D eigenvalue weighted by Crippen LogP contribution is 2.11. The summed E-state index contributed by atoms with van der Waals surface area (Å²) in [6, 6.07) is 0. The number of carbonyl (C=O) groups is 1. The minimum Gasteiger partial charge on any atom is -0.341 e. The van der Waals surface area contributed by atoms with Gasteiger partial charge in [0.05, 0.1) is 6.26 Å². The van der Waals surface area contributed by atoms with Gasteiger partial charge in [-0.05, 0) is 12.8 Å². The summed E-state index contributed by atoms with van der Waals surface area (Å²) >= 11 is 0. The number of sulfonamides is 1. The minimum atomic E-state index is -3.13. The molecule has 1 fully saturated rings. The molecule has 124 valence electrons. The van der Waals surface area contributed by atoms with Crippen molar-refractivity contribution in [1.29, 1.82) is 0 Å². The van der Waals surface area contributed by atoms with Crippen LogP contribution in [-0.4, -0.2) is 56.0 Å². The first-order chi connectivity index (χ1) is 9.95. The Morgan fingerprint density at radius 2 is 1.62 bits per heavy atom. The van der Waals surface area contributed by atoms with Crippen LogP contribution in [0.3, 0.4) is 0 Å². The van der Waals surface area contributed by atoms with E-state index in [1.165, 1.54) is 36.2 Å². The first-order valence-electron chi connectivity index (χ1n) is 8.18. The van der Waals surface area contributed by atoms with Gasteiger partial charge in [-0.15, -0.1) is 0 Å². The van der Waals surface area contributed by atoms with Crippen molar-refractivity contribution >= 4 is 15.9 Å². The van der Waals surface area contributed by atoms with E-state index in [0.717, 1.165) is 19.3 Å². The maximum atomic E-state index is 12.2. The zero-order chi connectivity index (χ0) is 15.7. The molecular formula is C15H30N2O3S. The second kappa shape index (κ2) is 9.41. The molecule has 0 aliphatic carbocycles. The lowest BCUT2D eigenvalue weighted by molar-refractivity contribution is -0.131. The zero-order valence-corrected chi connectivity index (χ0v) is 14.3. The molecule has 0 radical (unpaired) electrons. The molecule has 1 saturated heterocycles. The molecule has 0 aromatic carbocycles. The van der Waals surface area contributed by atoms with Crippen molar-refractivity contribution in [3.63, 3.8) is 0 Å². The van der Waals surface area contributed by atoms with Crippen molar-refractivity contribution in [3.8, 4) is 0 Å². The maximum absolute atomic E-state index is 12.2. The fraction of sp³-hybridized carbons (Fsp3) is 0.933. The number of unbranched alkanes of at least 4 members (excludes halogenated alkanes) is 5. The molecule has 1 heterocycles. The fourth-order valence-corrected chi connectivity index (χ4v) is 3.56. The fourth-order valence-electron chi connectivity index (χ4n) is 2.69. The minimum absolute atomic E-state index is 0.181. The molecule has 1 amide bonds. The highest BCUT2D eigenvalue weighted by molar-refractivity contribution is 7.88. The van der Waals surface area contributed by atoms with Crippen LogP contribution in [0.4, 0.5) is 0 Å². The number of hydrogen-bond donors (Lipinski definition) is 0. The normalized spacial score (nSPS) is 17.7. The van der Waals surface area contributed by atoms with Gasteiger partial charge in [-0.1, -0.05) is 39.0 Å². The van der Waals surface area contributed by atoms with Crippen molar-refractivity contribution in [3.05, 3.63) is 0 Å². The van der Waals surface area contributed by atoms with Gasteiger partial charge in [0.15, 0.2) is 0 Å². The van der Waals surface area contributed by atoms with Crippen molar-refractivity contribution in [2.45, 2.75) is 58.3 Å². The Bertz CT molecular complexity index is 409. The summed E-state index contributed by atoms with van der Waals surface area (Å²) < 4.78 is 24.5. The summed E-state index contributed by atoms with van der Waals surface area (Å²) in [5.74, 6) is 0.181. The number of rotatable bonds is 8. The van der Waals surface area contributed by atoms with Crippen LogP contribution in [0.2, 0.25) is 0 Å². The molecule has 0 aromatic rings. The molecule has 1 aliphatic rings. The van der Waals surface area contributed by atoms with Crippen molar-refractivity contribution in [1.82, 2.24) is 9.21 Å². The highest BCUT2D eigenvalue weighted by Gasteiger charge is 2.23. The van der Waals surface area contributed by atoms with Gasteiger partial charge in [0, 0.05) is 32.6 Å². The molecule has 5 nitrogen and oxygen atoms in total. The zero-order valence-electron chi connectivity index (χ0n) is 13.5. The lowest BCUT2D eigenvalue weighted by Gasteiger charge is -2.21. The van der Waals surface area contributed by atoms with Gasteiger partial charge in [0.1, 0.15) is 0 Å². The van der Waals surface area contributed by atoms with E-state index in [4.69, 9.17) is 0 Å². The van der Waals surface area contributed by atoms with Gasteiger partial charge < -0.3 is 4.90 Å². The lowest BCUT2D eigenvalue weighted by Crippen LogP contribution is -2.36. The van der Waals surface area contributed by atoms with Crippen molar-refractivity contribution < 1.29 is 13.2 Å². The Balaban J connectivity index is 2.26. The van der Waals surface area contributed by atoms with Gasteiger partial charge in [-0.2, -0.15) is 0 Å². The third kappa shape index (κ3) is 7.27. The summed E-state index contributed by atoms with van der Waals surface area (Å²) in [7, 11) is -3.13. The van der Waals surface area contributed by atoms with Crippen LogP contribution in [0.15, 0.2) is 0 Å².